The van der Waals surface area contributed by atoms with Gasteiger partial charge in [0.1, 0.15) is 0 Å². The van der Waals surface area contributed by atoms with Crippen molar-refractivity contribution in [2.24, 2.45) is 0 Å². The number of nitrogens with one attached hydrogen (secondary N) is 1. The molecule has 0 bridgehead atoms. The van der Waals surface area contributed by atoms with Crippen molar-refractivity contribution in [2.45, 2.75) is 12.1 Å². The SMILES string of the molecule is CNCCSc1nccc(C)n1. The highest BCUT2D eigenvalue weighted by Gasteiger charge is 1.95. The van der Waals surface area contributed by atoms with Crippen LogP contribution in [0.1, 0.15) is 5.69 Å². The first-order valence-corrected chi connectivity index (χ1v) is 4.88. The Labute approximate surface area is 77.0 Å². The number of thioether (sulfide) groups is 1. The number of nitrogens with zero attached hydrogens (tertiary/aromatic N) is 2. The fourth-order valence-electron chi connectivity index (χ4n) is 0.740. The standard InChI is InChI=1S/C8H13N3S/c1-7-3-4-10-8(11-7)12-6-5-9-2/h3-4,9H,5-6H2,1-2H3. The van der Waals surface area contributed by atoms with Crippen molar-refractivity contribution in [2.75, 3.05) is 19.3 Å². The Kier molecular flexibility index (Phi) is 4.04. The van der Waals surface area contributed by atoms with Gasteiger partial charge >= 0.3 is 0 Å². The van der Waals surface area contributed by atoms with Gasteiger partial charge in [0, 0.05) is 24.2 Å². The summed E-state index contributed by atoms with van der Waals surface area (Å²) in [7, 11) is 1.94. The Morgan fingerprint density at radius 1 is 1.58 bits per heavy atom. The second kappa shape index (κ2) is 5.11. The summed E-state index contributed by atoms with van der Waals surface area (Å²) in [5.74, 6) is 1.01. The van der Waals surface area contributed by atoms with Gasteiger partial charge in [0.2, 0.25) is 0 Å². The molecule has 3 nitrogen and oxygen atoms in total. The zero-order valence-electron chi connectivity index (χ0n) is 7.37. The summed E-state index contributed by atoms with van der Waals surface area (Å²) in [6.45, 7) is 2.96. The molecule has 0 spiro atoms. The minimum atomic E-state index is 0.866. The maximum Gasteiger partial charge on any atom is 0.187 e. The first-order valence-electron chi connectivity index (χ1n) is 3.90. The lowest BCUT2D eigenvalue weighted by Crippen LogP contribution is -2.09. The summed E-state index contributed by atoms with van der Waals surface area (Å²) >= 11 is 1.67. The van der Waals surface area contributed by atoms with Crippen LogP contribution in [-0.2, 0) is 0 Å². The molecule has 1 heterocycles. The molecule has 0 saturated carbocycles. The van der Waals surface area contributed by atoms with E-state index in [9.17, 15) is 0 Å². The van der Waals surface area contributed by atoms with Crippen LogP contribution >= 0.6 is 11.8 Å². The Balaban J connectivity index is 2.41. The highest BCUT2D eigenvalue weighted by atomic mass is 32.2. The van der Waals surface area contributed by atoms with Crippen LogP contribution in [0.3, 0.4) is 0 Å². The zero-order valence-corrected chi connectivity index (χ0v) is 8.19. The molecule has 1 aromatic rings. The van der Waals surface area contributed by atoms with Crippen LogP contribution in [0, 0.1) is 6.92 Å². The second-order valence-electron chi connectivity index (χ2n) is 2.43. The molecule has 12 heavy (non-hydrogen) atoms. The van der Waals surface area contributed by atoms with Crippen molar-refractivity contribution in [3.63, 3.8) is 0 Å². The molecule has 1 rings (SSSR count). The fraction of sp³-hybridized carbons (Fsp3) is 0.500. The average molecular weight is 183 g/mol. The van der Waals surface area contributed by atoms with E-state index in [4.69, 9.17) is 0 Å². The monoisotopic (exact) mass is 183 g/mol. The third kappa shape index (κ3) is 3.19. The summed E-state index contributed by atoms with van der Waals surface area (Å²) in [6, 6.07) is 1.90. The molecular formula is C8H13N3S. The molecule has 0 fully saturated rings. The Morgan fingerprint density at radius 2 is 2.42 bits per heavy atom. The van der Waals surface area contributed by atoms with E-state index in [0.29, 0.717) is 0 Å². The van der Waals surface area contributed by atoms with Crippen molar-refractivity contribution in [3.8, 4) is 0 Å². The molecular weight excluding hydrogens is 170 g/mol. The van der Waals surface area contributed by atoms with Crippen LogP contribution in [0.15, 0.2) is 17.4 Å². The average Bonchev–Trinajstić information content (AvgIpc) is 2.05. The lowest BCUT2D eigenvalue weighted by molar-refractivity contribution is 0.865. The van der Waals surface area contributed by atoms with Gasteiger partial charge in [0.25, 0.3) is 0 Å². The maximum absolute atomic E-state index is 4.27. The number of hydrogen-bond acceptors (Lipinski definition) is 4. The van der Waals surface area contributed by atoms with Crippen LogP contribution in [0.4, 0.5) is 0 Å². The molecule has 0 amide bonds. The van der Waals surface area contributed by atoms with E-state index in [-0.39, 0.29) is 0 Å². The van der Waals surface area contributed by atoms with Crippen LogP contribution in [0.5, 0.6) is 0 Å². The van der Waals surface area contributed by atoms with Gasteiger partial charge in [0.05, 0.1) is 0 Å². The molecule has 0 radical (unpaired) electrons. The molecule has 4 heteroatoms. The van der Waals surface area contributed by atoms with E-state index in [0.717, 1.165) is 23.1 Å². The van der Waals surface area contributed by atoms with Crippen LogP contribution < -0.4 is 5.32 Å². The maximum atomic E-state index is 4.27. The van der Waals surface area contributed by atoms with Crippen molar-refractivity contribution in [1.29, 1.82) is 0 Å². The third-order valence-electron chi connectivity index (χ3n) is 1.36. The summed E-state index contributed by atoms with van der Waals surface area (Å²) in [6.07, 6.45) is 1.80. The molecule has 1 N–H and O–H groups in total. The minimum Gasteiger partial charge on any atom is -0.319 e. The molecule has 0 aliphatic carbocycles. The smallest absolute Gasteiger partial charge is 0.187 e. The van der Waals surface area contributed by atoms with Gasteiger partial charge in [-0.05, 0) is 20.0 Å². The Hall–Kier alpha value is -0.610. The van der Waals surface area contributed by atoms with Crippen molar-refractivity contribution >= 4 is 11.8 Å². The predicted molar refractivity (Wildman–Crippen MR) is 51.4 cm³/mol. The van der Waals surface area contributed by atoms with E-state index in [2.05, 4.69) is 15.3 Å². The van der Waals surface area contributed by atoms with Gasteiger partial charge in [-0.1, -0.05) is 11.8 Å². The highest BCUT2D eigenvalue weighted by Crippen LogP contribution is 2.10. The van der Waals surface area contributed by atoms with Crippen LogP contribution in [-0.4, -0.2) is 29.3 Å². The highest BCUT2D eigenvalue weighted by molar-refractivity contribution is 7.99. The van der Waals surface area contributed by atoms with E-state index in [1.54, 1.807) is 18.0 Å². The largest absolute Gasteiger partial charge is 0.319 e. The number of hydrogen-bond donors (Lipinski definition) is 1. The van der Waals surface area contributed by atoms with E-state index in [1.807, 2.05) is 20.0 Å². The molecule has 1 aromatic heterocycles. The normalized spacial score (nSPS) is 10.2. The third-order valence-corrected chi connectivity index (χ3v) is 2.22. The van der Waals surface area contributed by atoms with Gasteiger partial charge < -0.3 is 5.32 Å². The van der Waals surface area contributed by atoms with Gasteiger partial charge in [-0.3, -0.25) is 0 Å². The summed E-state index contributed by atoms with van der Waals surface area (Å²) in [4.78, 5) is 8.40. The lowest BCUT2D eigenvalue weighted by atomic mass is 10.5. The van der Waals surface area contributed by atoms with Gasteiger partial charge in [-0.25, -0.2) is 9.97 Å². The van der Waals surface area contributed by atoms with Gasteiger partial charge in [-0.15, -0.1) is 0 Å². The van der Waals surface area contributed by atoms with Gasteiger partial charge in [0.15, 0.2) is 5.16 Å². The van der Waals surface area contributed by atoms with Crippen molar-refractivity contribution in [3.05, 3.63) is 18.0 Å². The van der Waals surface area contributed by atoms with Crippen molar-refractivity contribution in [1.82, 2.24) is 15.3 Å². The molecule has 0 atom stereocenters. The summed E-state index contributed by atoms with van der Waals surface area (Å²) in [5.41, 5.74) is 1.02. The minimum absolute atomic E-state index is 0.866. The van der Waals surface area contributed by atoms with E-state index in [1.165, 1.54) is 0 Å². The quantitative estimate of drug-likeness (QED) is 0.431. The molecule has 0 aliphatic rings. The second-order valence-corrected chi connectivity index (χ2v) is 3.49. The van der Waals surface area contributed by atoms with Gasteiger partial charge in [-0.2, -0.15) is 0 Å². The molecule has 66 valence electrons. The lowest BCUT2D eigenvalue weighted by Gasteiger charge is -1.99. The predicted octanol–water partition coefficient (Wildman–Crippen LogP) is 1.10. The molecule has 0 saturated heterocycles. The number of rotatable bonds is 4. The summed E-state index contributed by atoms with van der Waals surface area (Å²) in [5, 5.41) is 3.94. The molecule has 0 aromatic carbocycles. The topological polar surface area (TPSA) is 37.8 Å². The van der Waals surface area contributed by atoms with Crippen LogP contribution in [0.2, 0.25) is 0 Å². The first-order chi connectivity index (χ1) is 5.83. The van der Waals surface area contributed by atoms with Crippen molar-refractivity contribution < 1.29 is 0 Å². The first kappa shape index (κ1) is 9.48. The molecule has 0 aliphatic heterocycles. The number of aryl methyl sites for hydroxylation is 1. The fourth-order valence-corrected chi connectivity index (χ4v) is 1.57. The summed E-state index contributed by atoms with van der Waals surface area (Å²) < 4.78 is 0. The Morgan fingerprint density at radius 3 is 3.08 bits per heavy atom. The molecule has 0 unspecified atom stereocenters. The Bertz CT molecular complexity index is 239. The van der Waals surface area contributed by atoms with E-state index >= 15 is 0 Å². The zero-order chi connectivity index (χ0) is 8.81. The van der Waals surface area contributed by atoms with E-state index < -0.39 is 0 Å². The van der Waals surface area contributed by atoms with Crippen LogP contribution in [0.25, 0.3) is 0 Å². The number of aromatic nitrogens is 2.